The van der Waals surface area contributed by atoms with Crippen LogP contribution in [0.2, 0.25) is 0 Å². The van der Waals surface area contributed by atoms with Gasteiger partial charge in [-0.15, -0.1) is 0 Å². The lowest BCUT2D eigenvalue weighted by Gasteiger charge is -2.14. The second-order valence-electron chi connectivity index (χ2n) is 6.71. The number of carboxylic acids is 1. The molecule has 2 aromatic rings. The molecule has 4 nitrogen and oxygen atoms in total. The second-order valence-corrected chi connectivity index (χ2v) is 6.71. The van der Waals surface area contributed by atoms with Crippen molar-refractivity contribution in [3.05, 3.63) is 48.0 Å². The minimum atomic E-state index is -0.870. The molecule has 0 aliphatic heterocycles. The summed E-state index contributed by atoms with van der Waals surface area (Å²) in [6, 6.07) is 14.0. The number of rotatable bonds is 8. The van der Waals surface area contributed by atoms with Crippen molar-refractivity contribution in [3.63, 3.8) is 0 Å². The van der Waals surface area contributed by atoms with Crippen molar-refractivity contribution < 1.29 is 14.7 Å². The van der Waals surface area contributed by atoms with Crippen LogP contribution in [-0.4, -0.2) is 23.5 Å². The maximum atomic E-state index is 11.8. The first kappa shape index (κ1) is 16.5. The van der Waals surface area contributed by atoms with Gasteiger partial charge in [-0.3, -0.25) is 9.59 Å². The molecule has 0 radical (unpaired) electrons. The summed E-state index contributed by atoms with van der Waals surface area (Å²) >= 11 is 0. The van der Waals surface area contributed by atoms with E-state index in [2.05, 4.69) is 5.32 Å². The molecule has 1 fully saturated rings. The van der Waals surface area contributed by atoms with Gasteiger partial charge in [0.2, 0.25) is 5.91 Å². The molecule has 1 amide bonds. The first-order valence-electron chi connectivity index (χ1n) is 8.59. The van der Waals surface area contributed by atoms with Crippen molar-refractivity contribution in [2.75, 3.05) is 6.54 Å². The summed E-state index contributed by atoms with van der Waals surface area (Å²) in [6.45, 7) is 0.186. The lowest BCUT2D eigenvalue weighted by molar-refractivity contribution is -0.141. The fourth-order valence-corrected chi connectivity index (χ4v) is 2.96. The maximum absolute atomic E-state index is 11.8. The van der Waals surface area contributed by atoms with E-state index in [1.54, 1.807) is 0 Å². The van der Waals surface area contributed by atoms with E-state index < -0.39 is 11.9 Å². The third-order valence-corrected chi connectivity index (χ3v) is 4.67. The van der Waals surface area contributed by atoms with E-state index in [9.17, 15) is 14.7 Å². The Morgan fingerprint density at radius 2 is 1.88 bits per heavy atom. The van der Waals surface area contributed by atoms with Gasteiger partial charge in [-0.05, 0) is 35.1 Å². The fraction of sp³-hybridized carbons (Fsp3) is 0.400. The summed E-state index contributed by atoms with van der Waals surface area (Å²) < 4.78 is 0. The molecule has 4 heteroatoms. The number of carboxylic acid groups (broad SMARTS) is 1. The van der Waals surface area contributed by atoms with E-state index in [0.29, 0.717) is 18.8 Å². The summed E-state index contributed by atoms with van der Waals surface area (Å²) in [4.78, 5) is 23.3. The molecule has 0 aromatic heterocycles. The van der Waals surface area contributed by atoms with Crippen LogP contribution < -0.4 is 5.32 Å². The predicted octanol–water partition coefficient (Wildman–Crippen LogP) is 3.39. The number of nitrogens with one attached hydrogen (secondary N) is 1. The van der Waals surface area contributed by atoms with Gasteiger partial charge < -0.3 is 10.4 Å². The van der Waals surface area contributed by atoms with E-state index in [1.165, 1.54) is 12.8 Å². The summed E-state index contributed by atoms with van der Waals surface area (Å²) in [5, 5.41) is 14.5. The minimum absolute atomic E-state index is 0.0355. The monoisotopic (exact) mass is 325 g/mol. The molecule has 2 aromatic carbocycles. The molecular formula is C20H23NO3. The number of hydrogen-bond donors (Lipinski definition) is 2. The van der Waals surface area contributed by atoms with Crippen molar-refractivity contribution >= 4 is 22.6 Å². The van der Waals surface area contributed by atoms with Gasteiger partial charge >= 0.3 is 5.97 Å². The standard InChI is InChI=1S/C20H23NO3/c22-19(10-8-14-5-6-14)21-13-18(20(23)24)12-15-7-9-16-3-1-2-4-17(16)11-15/h1-4,7,9,11,14,18H,5-6,8,10,12-13H2,(H,21,22)(H,23,24). The molecule has 1 unspecified atom stereocenters. The zero-order valence-electron chi connectivity index (χ0n) is 13.7. The molecule has 0 saturated heterocycles. The summed E-state index contributed by atoms with van der Waals surface area (Å²) in [5.41, 5.74) is 0.980. The maximum Gasteiger partial charge on any atom is 0.308 e. The number of hydrogen-bond acceptors (Lipinski definition) is 2. The van der Waals surface area contributed by atoms with Crippen LogP contribution in [0.4, 0.5) is 0 Å². The Morgan fingerprint density at radius 1 is 1.12 bits per heavy atom. The highest BCUT2D eigenvalue weighted by atomic mass is 16.4. The van der Waals surface area contributed by atoms with Crippen LogP contribution in [0.1, 0.15) is 31.2 Å². The normalized spacial score (nSPS) is 15.2. The van der Waals surface area contributed by atoms with E-state index in [0.717, 1.165) is 22.8 Å². The average molecular weight is 325 g/mol. The Morgan fingerprint density at radius 3 is 2.58 bits per heavy atom. The number of carbonyl (C=O) groups excluding carboxylic acids is 1. The first-order chi connectivity index (χ1) is 11.6. The van der Waals surface area contributed by atoms with Crippen LogP contribution in [0.3, 0.4) is 0 Å². The van der Waals surface area contributed by atoms with Crippen LogP contribution >= 0.6 is 0 Å². The lowest BCUT2D eigenvalue weighted by atomic mass is 9.97. The Kier molecular flexibility index (Phi) is 5.14. The average Bonchev–Trinajstić information content (AvgIpc) is 3.40. The number of carbonyl (C=O) groups is 2. The fourth-order valence-electron chi connectivity index (χ4n) is 2.96. The van der Waals surface area contributed by atoms with Crippen molar-refractivity contribution in [1.82, 2.24) is 5.32 Å². The molecule has 1 saturated carbocycles. The SMILES string of the molecule is O=C(CCC1CC1)NCC(Cc1ccc2ccccc2c1)C(=O)O. The van der Waals surface area contributed by atoms with Crippen molar-refractivity contribution in [1.29, 1.82) is 0 Å². The number of amides is 1. The smallest absolute Gasteiger partial charge is 0.308 e. The number of aliphatic carboxylic acids is 1. The molecule has 0 heterocycles. The molecule has 0 bridgehead atoms. The van der Waals surface area contributed by atoms with Gasteiger partial charge in [0.05, 0.1) is 5.92 Å². The van der Waals surface area contributed by atoms with Crippen LogP contribution in [-0.2, 0) is 16.0 Å². The van der Waals surface area contributed by atoms with Crippen LogP contribution in [0.15, 0.2) is 42.5 Å². The van der Waals surface area contributed by atoms with Gasteiger partial charge in [0.25, 0.3) is 0 Å². The third-order valence-electron chi connectivity index (χ3n) is 4.67. The van der Waals surface area contributed by atoms with Crippen molar-refractivity contribution in [3.8, 4) is 0 Å². The Labute approximate surface area is 141 Å². The summed E-state index contributed by atoms with van der Waals surface area (Å²) in [7, 11) is 0. The van der Waals surface area contributed by atoms with Gasteiger partial charge in [-0.1, -0.05) is 55.3 Å². The van der Waals surface area contributed by atoms with Gasteiger partial charge in [-0.2, -0.15) is 0 Å². The zero-order valence-corrected chi connectivity index (χ0v) is 13.7. The third kappa shape index (κ3) is 4.57. The van der Waals surface area contributed by atoms with Gasteiger partial charge in [0.1, 0.15) is 0 Å². The summed E-state index contributed by atoms with van der Waals surface area (Å²) in [6.07, 6.45) is 4.31. The minimum Gasteiger partial charge on any atom is -0.481 e. The molecule has 1 aliphatic rings. The lowest BCUT2D eigenvalue weighted by Crippen LogP contribution is -2.34. The van der Waals surface area contributed by atoms with E-state index >= 15 is 0 Å². The van der Waals surface area contributed by atoms with Gasteiger partial charge in [0, 0.05) is 13.0 Å². The van der Waals surface area contributed by atoms with E-state index in [4.69, 9.17) is 0 Å². The molecule has 3 rings (SSSR count). The topological polar surface area (TPSA) is 66.4 Å². The molecule has 2 N–H and O–H groups in total. The number of fused-ring (bicyclic) bond motifs is 1. The highest BCUT2D eigenvalue weighted by Gasteiger charge is 2.23. The molecule has 0 spiro atoms. The Hall–Kier alpha value is -2.36. The Bertz CT molecular complexity index is 736. The van der Waals surface area contributed by atoms with E-state index in [-0.39, 0.29) is 12.5 Å². The second kappa shape index (κ2) is 7.47. The van der Waals surface area contributed by atoms with Crippen LogP contribution in [0, 0.1) is 11.8 Å². The van der Waals surface area contributed by atoms with E-state index in [1.807, 2.05) is 42.5 Å². The summed E-state index contributed by atoms with van der Waals surface area (Å²) in [5.74, 6) is -0.794. The molecular weight excluding hydrogens is 302 g/mol. The molecule has 24 heavy (non-hydrogen) atoms. The highest BCUT2D eigenvalue weighted by molar-refractivity contribution is 5.83. The van der Waals surface area contributed by atoms with Crippen molar-refractivity contribution in [2.45, 2.75) is 32.1 Å². The first-order valence-corrected chi connectivity index (χ1v) is 8.59. The molecule has 1 aliphatic carbocycles. The highest BCUT2D eigenvalue weighted by Crippen LogP contribution is 2.33. The van der Waals surface area contributed by atoms with Crippen LogP contribution in [0.25, 0.3) is 10.8 Å². The van der Waals surface area contributed by atoms with Gasteiger partial charge in [0.15, 0.2) is 0 Å². The molecule has 1 atom stereocenters. The predicted molar refractivity (Wildman–Crippen MR) is 93.7 cm³/mol. The largest absolute Gasteiger partial charge is 0.481 e. The van der Waals surface area contributed by atoms with Crippen molar-refractivity contribution in [2.24, 2.45) is 11.8 Å². The van der Waals surface area contributed by atoms with Crippen LogP contribution in [0.5, 0.6) is 0 Å². The molecule has 126 valence electrons. The van der Waals surface area contributed by atoms with Gasteiger partial charge in [-0.25, -0.2) is 0 Å². The Balaban J connectivity index is 1.57. The quantitative estimate of drug-likeness (QED) is 0.782. The number of benzene rings is 2. The zero-order chi connectivity index (χ0) is 16.9.